The van der Waals surface area contributed by atoms with Gasteiger partial charge in [0.1, 0.15) is 5.75 Å². The van der Waals surface area contributed by atoms with Crippen LogP contribution in [0, 0.1) is 0 Å². The molecule has 2 rings (SSSR count). The van der Waals surface area contributed by atoms with Crippen LogP contribution in [-0.2, 0) is 10.0 Å². The molecule has 0 unspecified atom stereocenters. The maximum atomic E-state index is 12.0. The number of halogens is 1. The topological polar surface area (TPSA) is 67.8 Å². The number of benzene rings is 2. The molecule has 116 valence electrons. The molecule has 5 nitrogen and oxygen atoms in total. The predicted octanol–water partition coefficient (Wildman–Crippen LogP) is 3.05. The normalized spacial score (nSPS) is 11.5. The minimum absolute atomic E-state index is 0.150. The van der Waals surface area contributed by atoms with E-state index in [4.69, 9.17) is 16.3 Å². The molecule has 0 aromatic heterocycles. The summed E-state index contributed by atoms with van der Waals surface area (Å²) in [5.41, 5.74) is 0.657. The zero-order valence-corrected chi connectivity index (χ0v) is 13.4. The Bertz CT molecular complexity index is 762. The molecule has 0 spiro atoms. The Morgan fingerprint density at radius 2 is 1.95 bits per heavy atom. The van der Waals surface area contributed by atoms with Crippen molar-refractivity contribution in [3.63, 3.8) is 0 Å². The Balaban J connectivity index is 2.08. The molecule has 0 aliphatic rings. The third kappa shape index (κ3) is 4.22. The van der Waals surface area contributed by atoms with Gasteiger partial charge in [0, 0.05) is 0 Å². The number of rotatable bonds is 6. The van der Waals surface area contributed by atoms with Crippen molar-refractivity contribution < 1.29 is 13.2 Å². The van der Waals surface area contributed by atoms with Gasteiger partial charge in [-0.15, -0.1) is 0 Å². The summed E-state index contributed by atoms with van der Waals surface area (Å²) in [6.45, 7) is 2.38. The van der Waals surface area contributed by atoms with Crippen molar-refractivity contribution in [2.24, 2.45) is 5.10 Å². The Morgan fingerprint density at radius 3 is 2.59 bits per heavy atom. The van der Waals surface area contributed by atoms with Crippen molar-refractivity contribution in [1.29, 1.82) is 0 Å². The van der Waals surface area contributed by atoms with E-state index in [0.717, 1.165) is 0 Å². The lowest BCUT2D eigenvalue weighted by Crippen LogP contribution is -2.18. The van der Waals surface area contributed by atoms with Crippen molar-refractivity contribution in [3.05, 3.63) is 59.1 Å². The number of nitrogens with one attached hydrogen (secondary N) is 1. The third-order valence-electron chi connectivity index (χ3n) is 2.70. The van der Waals surface area contributed by atoms with Crippen LogP contribution in [0.3, 0.4) is 0 Å². The fraction of sp³-hybridized carbons (Fsp3) is 0.133. The summed E-state index contributed by atoms with van der Waals surface area (Å²) in [4.78, 5) is 2.30. The van der Waals surface area contributed by atoms with Gasteiger partial charge in [-0.3, -0.25) is 0 Å². The first-order valence-corrected chi connectivity index (χ1v) is 8.41. The minimum atomic E-state index is -3.66. The predicted molar refractivity (Wildman–Crippen MR) is 87.0 cm³/mol. The Labute approximate surface area is 134 Å². The highest BCUT2D eigenvalue weighted by Crippen LogP contribution is 2.24. The molecule has 0 bridgehead atoms. The molecule has 0 fully saturated rings. The molecule has 2 aromatic rings. The van der Waals surface area contributed by atoms with E-state index in [1.54, 1.807) is 36.4 Å². The van der Waals surface area contributed by atoms with E-state index in [9.17, 15) is 8.42 Å². The zero-order chi connectivity index (χ0) is 16.0. The molecule has 22 heavy (non-hydrogen) atoms. The summed E-state index contributed by atoms with van der Waals surface area (Å²) in [6.07, 6.45) is 1.38. The molecular formula is C15H15ClN2O3S. The lowest BCUT2D eigenvalue weighted by Gasteiger charge is -2.06. The van der Waals surface area contributed by atoms with Crippen LogP contribution in [-0.4, -0.2) is 21.2 Å². The van der Waals surface area contributed by atoms with Gasteiger partial charge in [-0.25, -0.2) is 4.83 Å². The van der Waals surface area contributed by atoms with E-state index >= 15 is 0 Å². The molecule has 0 radical (unpaired) electrons. The Morgan fingerprint density at radius 1 is 1.23 bits per heavy atom. The first-order chi connectivity index (χ1) is 10.5. The summed E-state index contributed by atoms with van der Waals surface area (Å²) in [7, 11) is -3.66. The highest BCUT2D eigenvalue weighted by molar-refractivity contribution is 7.89. The maximum Gasteiger partial charge on any atom is 0.276 e. The summed E-state index contributed by atoms with van der Waals surface area (Å²) < 4.78 is 29.2. The SMILES string of the molecule is CCOc1ccc(/C=N/NS(=O)(=O)c2ccccc2)cc1Cl. The molecule has 1 N–H and O–H groups in total. The lowest BCUT2D eigenvalue weighted by atomic mass is 10.2. The van der Waals surface area contributed by atoms with Gasteiger partial charge in [-0.05, 0) is 42.8 Å². The van der Waals surface area contributed by atoms with E-state index in [2.05, 4.69) is 9.93 Å². The summed E-state index contributed by atoms with van der Waals surface area (Å²) in [5, 5.41) is 4.19. The van der Waals surface area contributed by atoms with Gasteiger partial charge >= 0.3 is 0 Å². The average molecular weight is 339 g/mol. The standard InChI is InChI=1S/C15H15ClN2O3S/c1-2-21-15-9-8-12(10-14(15)16)11-17-18-22(19,20)13-6-4-3-5-7-13/h3-11,18H,2H2,1H3/b17-11+. The van der Waals surface area contributed by atoms with Gasteiger partial charge < -0.3 is 4.74 Å². The van der Waals surface area contributed by atoms with E-state index in [1.807, 2.05) is 6.92 Å². The Kier molecular flexibility index (Phi) is 5.41. The second-order valence-corrected chi connectivity index (χ2v) is 6.36. The van der Waals surface area contributed by atoms with Crippen LogP contribution in [0.5, 0.6) is 5.75 Å². The molecule has 0 amide bonds. The maximum absolute atomic E-state index is 12.0. The molecular weight excluding hydrogens is 324 g/mol. The number of ether oxygens (including phenoxy) is 1. The molecule has 0 saturated heterocycles. The fourth-order valence-corrected chi connectivity index (χ4v) is 2.75. The molecule has 0 aliphatic heterocycles. The van der Waals surface area contributed by atoms with Crippen LogP contribution < -0.4 is 9.57 Å². The summed E-state index contributed by atoms with van der Waals surface area (Å²) >= 11 is 6.05. The van der Waals surface area contributed by atoms with Gasteiger partial charge in [0.25, 0.3) is 10.0 Å². The first-order valence-electron chi connectivity index (χ1n) is 6.55. The van der Waals surface area contributed by atoms with Crippen LogP contribution in [0.4, 0.5) is 0 Å². The smallest absolute Gasteiger partial charge is 0.276 e. The molecule has 0 atom stereocenters. The third-order valence-corrected chi connectivity index (χ3v) is 4.23. The van der Waals surface area contributed by atoms with Gasteiger partial charge in [-0.2, -0.15) is 13.5 Å². The highest BCUT2D eigenvalue weighted by atomic mass is 35.5. The van der Waals surface area contributed by atoms with Crippen LogP contribution >= 0.6 is 11.6 Å². The molecule has 2 aromatic carbocycles. The number of hydrogen-bond donors (Lipinski definition) is 1. The summed E-state index contributed by atoms with van der Waals surface area (Å²) in [6, 6.07) is 13.1. The number of nitrogens with zero attached hydrogens (tertiary/aromatic N) is 1. The average Bonchev–Trinajstić information content (AvgIpc) is 2.51. The minimum Gasteiger partial charge on any atom is -0.492 e. The summed E-state index contributed by atoms with van der Waals surface area (Å²) in [5.74, 6) is 0.575. The second-order valence-electron chi connectivity index (χ2n) is 4.29. The lowest BCUT2D eigenvalue weighted by molar-refractivity contribution is 0.340. The zero-order valence-electron chi connectivity index (χ0n) is 11.9. The van der Waals surface area contributed by atoms with E-state index < -0.39 is 10.0 Å². The highest BCUT2D eigenvalue weighted by Gasteiger charge is 2.11. The molecule has 0 heterocycles. The Hall–Kier alpha value is -2.05. The monoisotopic (exact) mass is 338 g/mol. The van der Waals surface area contributed by atoms with Crippen molar-refractivity contribution in [2.75, 3.05) is 6.61 Å². The van der Waals surface area contributed by atoms with E-state index in [1.165, 1.54) is 18.3 Å². The first kappa shape index (κ1) is 16.3. The van der Waals surface area contributed by atoms with E-state index in [0.29, 0.717) is 22.9 Å². The quantitative estimate of drug-likeness (QED) is 0.650. The van der Waals surface area contributed by atoms with E-state index in [-0.39, 0.29) is 4.90 Å². The molecule has 0 aliphatic carbocycles. The van der Waals surface area contributed by atoms with Gasteiger partial charge in [-0.1, -0.05) is 29.8 Å². The fourth-order valence-electron chi connectivity index (χ4n) is 1.69. The number of sulfonamides is 1. The largest absolute Gasteiger partial charge is 0.492 e. The van der Waals surface area contributed by atoms with Crippen molar-refractivity contribution in [3.8, 4) is 5.75 Å². The van der Waals surface area contributed by atoms with Gasteiger partial charge in [0.15, 0.2) is 0 Å². The van der Waals surface area contributed by atoms with Gasteiger partial charge in [0.2, 0.25) is 0 Å². The van der Waals surface area contributed by atoms with Crippen LogP contribution in [0.1, 0.15) is 12.5 Å². The van der Waals surface area contributed by atoms with Crippen molar-refractivity contribution in [1.82, 2.24) is 4.83 Å². The van der Waals surface area contributed by atoms with Crippen LogP contribution in [0.2, 0.25) is 5.02 Å². The number of hydrogen-bond acceptors (Lipinski definition) is 4. The second kappa shape index (κ2) is 7.29. The van der Waals surface area contributed by atoms with Crippen LogP contribution in [0.25, 0.3) is 0 Å². The van der Waals surface area contributed by atoms with Crippen molar-refractivity contribution >= 4 is 27.8 Å². The molecule has 0 saturated carbocycles. The van der Waals surface area contributed by atoms with Crippen molar-refractivity contribution in [2.45, 2.75) is 11.8 Å². The molecule has 7 heteroatoms. The van der Waals surface area contributed by atoms with Crippen LogP contribution in [0.15, 0.2) is 58.5 Å². The number of hydrazone groups is 1. The van der Waals surface area contributed by atoms with Gasteiger partial charge in [0.05, 0.1) is 22.7 Å².